The molecule has 1 aromatic rings. The van der Waals surface area contributed by atoms with Crippen molar-refractivity contribution in [2.75, 3.05) is 6.54 Å². The standard InChI is InChI=1S/C14H21N3O3/c1-9-2-4-10(5-3-9)6-7-15-13(18)11-12(14(19)20)17-8-16-11/h8-10H,2-7H2,1H3,(H,15,18)(H,16,17)(H,19,20). The molecule has 20 heavy (non-hydrogen) atoms. The van der Waals surface area contributed by atoms with Gasteiger partial charge in [-0.1, -0.05) is 32.6 Å². The molecular formula is C14H21N3O3. The van der Waals surface area contributed by atoms with Gasteiger partial charge in [-0.3, -0.25) is 4.79 Å². The molecule has 6 nitrogen and oxygen atoms in total. The Balaban J connectivity index is 1.78. The number of carboxylic acid groups (broad SMARTS) is 1. The fourth-order valence-corrected chi connectivity index (χ4v) is 2.72. The Bertz CT molecular complexity index is 476. The van der Waals surface area contributed by atoms with Gasteiger partial charge >= 0.3 is 5.97 Å². The molecule has 1 aliphatic carbocycles. The van der Waals surface area contributed by atoms with Crippen LogP contribution in [0.25, 0.3) is 0 Å². The molecule has 110 valence electrons. The smallest absolute Gasteiger partial charge is 0.354 e. The van der Waals surface area contributed by atoms with E-state index in [1.807, 2.05) is 0 Å². The number of imidazole rings is 1. The molecule has 0 unspecified atom stereocenters. The molecule has 1 aromatic heterocycles. The number of aromatic nitrogens is 2. The highest BCUT2D eigenvalue weighted by atomic mass is 16.4. The van der Waals surface area contributed by atoms with Gasteiger partial charge in [0.2, 0.25) is 0 Å². The van der Waals surface area contributed by atoms with E-state index in [9.17, 15) is 9.59 Å². The first-order valence-corrected chi connectivity index (χ1v) is 7.12. The number of carbonyl (C=O) groups is 2. The average Bonchev–Trinajstić information content (AvgIpc) is 2.90. The van der Waals surface area contributed by atoms with Gasteiger partial charge in [0.1, 0.15) is 0 Å². The van der Waals surface area contributed by atoms with Gasteiger partial charge in [-0.25, -0.2) is 9.78 Å². The summed E-state index contributed by atoms with van der Waals surface area (Å²) in [5.41, 5.74) is -0.205. The third kappa shape index (κ3) is 3.59. The second kappa shape index (κ2) is 6.54. The average molecular weight is 279 g/mol. The molecule has 0 atom stereocenters. The summed E-state index contributed by atoms with van der Waals surface area (Å²) in [5.74, 6) is -0.102. The summed E-state index contributed by atoms with van der Waals surface area (Å²) in [6.45, 7) is 2.85. The minimum atomic E-state index is -1.17. The van der Waals surface area contributed by atoms with Crippen molar-refractivity contribution < 1.29 is 14.7 Å². The number of amides is 1. The van der Waals surface area contributed by atoms with Crippen LogP contribution in [0.1, 0.15) is 60.0 Å². The Hall–Kier alpha value is -1.85. The number of rotatable bonds is 5. The normalized spacial score (nSPS) is 22.4. The van der Waals surface area contributed by atoms with Crippen LogP contribution >= 0.6 is 0 Å². The summed E-state index contributed by atoms with van der Waals surface area (Å²) >= 11 is 0. The molecule has 0 radical (unpaired) electrons. The van der Waals surface area contributed by atoms with Crippen molar-refractivity contribution >= 4 is 11.9 Å². The van der Waals surface area contributed by atoms with Gasteiger partial charge in [-0.05, 0) is 18.3 Å². The third-order valence-corrected chi connectivity index (χ3v) is 4.04. The fourth-order valence-electron chi connectivity index (χ4n) is 2.72. The van der Waals surface area contributed by atoms with Gasteiger partial charge in [0.15, 0.2) is 11.4 Å². The number of nitrogens with one attached hydrogen (secondary N) is 2. The van der Waals surface area contributed by atoms with Crippen LogP contribution in [0.5, 0.6) is 0 Å². The predicted octanol–water partition coefficient (Wildman–Crippen LogP) is 2.05. The summed E-state index contributed by atoms with van der Waals surface area (Å²) in [7, 11) is 0. The number of hydrogen-bond donors (Lipinski definition) is 3. The van der Waals surface area contributed by atoms with Crippen molar-refractivity contribution in [3.8, 4) is 0 Å². The Morgan fingerprint density at radius 3 is 2.75 bits per heavy atom. The summed E-state index contributed by atoms with van der Waals surface area (Å²) in [6, 6.07) is 0. The summed E-state index contributed by atoms with van der Waals surface area (Å²) in [5, 5.41) is 11.7. The van der Waals surface area contributed by atoms with Crippen LogP contribution in [0, 0.1) is 11.8 Å². The largest absolute Gasteiger partial charge is 0.477 e. The Labute approximate surface area is 118 Å². The number of H-pyrrole nitrogens is 1. The van der Waals surface area contributed by atoms with Crippen LogP contribution < -0.4 is 5.32 Å². The van der Waals surface area contributed by atoms with Gasteiger partial charge < -0.3 is 15.4 Å². The monoisotopic (exact) mass is 279 g/mol. The zero-order valence-corrected chi connectivity index (χ0v) is 11.7. The van der Waals surface area contributed by atoms with Crippen LogP contribution in [-0.4, -0.2) is 33.5 Å². The van der Waals surface area contributed by atoms with Crippen LogP contribution in [0.2, 0.25) is 0 Å². The van der Waals surface area contributed by atoms with Crippen molar-refractivity contribution in [1.29, 1.82) is 0 Å². The zero-order valence-electron chi connectivity index (χ0n) is 11.7. The molecule has 1 aliphatic rings. The second-order valence-electron chi connectivity index (χ2n) is 5.60. The van der Waals surface area contributed by atoms with Crippen molar-refractivity contribution in [2.24, 2.45) is 11.8 Å². The lowest BCUT2D eigenvalue weighted by atomic mass is 9.81. The minimum absolute atomic E-state index is 0.0465. The molecule has 1 fully saturated rings. The molecule has 0 bridgehead atoms. The Kier molecular flexibility index (Phi) is 4.76. The van der Waals surface area contributed by atoms with Gasteiger partial charge in [0.25, 0.3) is 5.91 Å². The minimum Gasteiger partial charge on any atom is -0.477 e. The van der Waals surface area contributed by atoms with Crippen LogP contribution in [0.15, 0.2) is 6.33 Å². The molecule has 0 spiro atoms. The zero-order chi connectivity index (χ0) is 14.5. The highest BCUT2D eigenvalue weighted by Gasteiger charge is 2.21. The molecule has 0 aromatic carbocycles. The molecule has 1 amide bonds. The van der Waals surface area contributed by atoms with E-state index in [-0.39, 0.29) is 11.4 Å². The van der Waals surface area contributed by atoms with E-state index in [1.165, 1.54) is 32.0 Å². The third-order valence-electron chi connectivity index (χ3n) is 4.04. The van der Waals surface area contributed by atoms with E-state index in [4.69, 9.17) is 5.11 Å². The van der Waals surface area contributed by atoms with E-state index in [2.05, 4.69) is 22.2 Å². The topological polar surface area (TPSA) is 95.1 Å². The fraction of sp³-hybridized carbons (Fsp3) is 0.643. The van der Waals surface area contributed by atoms with Gasteiger partial charge in [0.05, 0.1) is 6.33 Å². The van der Waals surface area contributed by atoms with Gasteiger partial charge in [-0.15, -0.1) is 0 Å². The lowest BCUT2D eigenvalue weighted by Crippen LogP contribution is -2.28. The van der Waals surface area contributed by atoms with Crippen molar-refractivity contribution in [3.05, 3.63) is 17.7 Å². The molecule has 3 N–H and O–H groups in total. The number of aromatic amines is 1. The lowest BCUT2D eigenvalue weighted by Gasteiger charge is -2.26. The van der Waals surface area contributed by atoms with Crippen LogP contribution in [-0.2, 0) is 0 Å². The van der Waals surface area contributed by atoms with Gasteiger partial charge in [0, 0.05) is 6.54 Å². The summed E-state index contributed by atoms with van der Waals surface area (Å²) < 4.78 is 0. The predicted molar refractivity (Wildman–Crippen MR) is 73.6 cm³/mol. The Morgan fingerprint density at radius 1 is 1.40 bits per heavy atom. The van der Waals surface area contributed by atoms with E-state index in [1.54, 1.807) is 0 Å². The molecular weight excluding hydrogens is 258 g/mol. The summed E-state index contributed by atoms with van der Waals surface area (Å²) in [6.07, 6.45) is 7.15. The van der Waals surface area contributed by atoms with Crippen molar-refractivity contribution in [3.63, 3.8) is 0 Å². The summed E-state index contributed by atoms with van der Waals surface area (Å²) in [4.78, 5) is 29.0. The lowest BCUT2D eigenvalue weighted by molar-refractivity contribution is 0.0685. The number of carboxylic acids is 1. The number of nitrogens with zero attached hydrogens (tertiary/aromatic N) is 1. The molecule has 0 aliphatic heterocycles. The van der Waals surface area contributed by atoms with Gasteiger partial charge in [-0.2, -0.15) is 0 Å². The number of aromatic carboxylic acids is 1. The van der Waals surface area contributed by atoms with E-state index in [0.717, 1.165) is 12.3 Å². The first-order chi connectivity index (χ1) is 9.58. The molecule has 1 saturated carbocycles. The highest BCUT2D eigenvalue weighted by molar-refractivity contribution is 6.02. The number of carbonyl (C=O) groups excluding carboxylic acids is 1. The molecule has 0 saturated heterocycles. The van der Waals surface area contributed by atoms with E-state index >= 15 is 0 Å². The highest BCUT2D eigenvalue weighted by Crippen LogP contribution is 2.29. The maximum absolute atomic E-state index is 11.9. The quantitative estimate of drug-likeness (QED) is 0.768. The first kappa shape index (κ1) is 14.6. The first-order valence-electron chi connectivity index (χ1n) is 7.12. The van der Waals surface area contributed by atoms with E-state index in [0.29, 0.717) is 12.5 Å². The SMILES string of the molecule is CC1CCC(CCNC(=O)c2nc[nH]c2C(=O)O)CC1. The molecule has 1 heterocycles. The van der Waals surface area contributed by atoms with Crippen LogP contribution in [0.3, 0.4) is 0 Å². The van der Waals surface area contributed by atoms with Crippen molar-refractivity contribution in [2.45, 2.75) is 39.0 Å². The number of hydrogen-bond acceptors (Lipinski definition) is 3. The van der Waals surface area contributed by atoms with Crippen molar-refractivity contribution in [1.82, 2.24) is 15.3 Å². The molecule has 2 rings (SSSR count). The second-order valence-corrected chi connectivity index (χ2v) is 5.60. The van der Waals surface area contributed by atoms with E-state index < -0.39 is 11.9 Å². The molecule has 6 heteroatoms. The Morgan fingerprint density at radius 2 is 2.10 bits per heavy atom. The maximum Gasteiger partial charge on any atom is 0.354 e. The van der Waals surface area contributed by atoms with Crippen LogP contribution in [0.4, 0.5) is 0 Å². The maximum atomic E-state index is 11.9.